The Morgan fingerprint density at radius 1 is 0.964 bits per heavy atom. The molecule has 0 fully saturated rings. The van der Waals surface area contributed by atoms with Crippen LogP contribution in [0.25, 0.3) is 16.8 Å². The topological polar surface area (TPSA) is 79.5 Å². The predicted octanol–water partition coefficient (Wildman–Crippen LogP) is 3.11. The molecule has 2 aromatic heterocycles. The lowest BCUT2D eigenvalue weighted by Gasteiger charge is -2.08. The van der Waals surface area contributed by atoms with Gasteiger partial charge in [-0.25, -0.2) is 9.50 Å². The van der Waals surface area contributed by atoms with Crippen molar-refractivity contribution in [3.8, 4) is 11.1 Å². The standard InChI is InChI=1S/C22H20N4O2/c27-12-10-16-3-7-20(8-4-16)25-22(28)13-17-1-5-18(6-2-17)19-9-11-26-21(14-19)23-15-24-26/h1-9,11,14-15,27H,10,12-13H2,(H,25,28). The zero-order valence-corrected chi connectivity index (χ0v) is 15.2. The van der Waals surface area contributed by atoms with Gasteiger partial charge in [-0.3, -0.25) is 4.79 Å². The van der Waals surface area contributed by atoms with Gasteiger partial charge in [-0.2, -0.15) is 5.10 Å². The molecule has 0 aliphatic rings. The van der Waals surface area contributed by atoms with E-state index in [2.05, 4.69) is 15.4 Å². The lowest BCUT2D eigenvalue weighted by Crippen LogP contribution is -2.14. The maximum Gasteiger partial charge on any atom is 0.228 e. The highest BCUT2D eigenvalue weighted by atomic mass is 16.3. The van der Waals surface area contributed by atoms with E-state index in [0.29, 0.717) is 12.8 Å². The molecule has 0 aliphatic carbocycles. The number of anilines is 1. The highest BCUT2D eigenvalue weighted by molar-refractivity contribution is 5.92. The molecule has 6 nitrogen and oxygen atoms in total. The summed E-state index contributed by atoms with van der Waals surface area (Å²) in [6, 6.07) is 19.4. The van der Waals surface area contributed by atoms with Gasteiger partial charge < -0.3 is 10.4 Å². The molecule has 0 atom stereocenters. The number of pyridine rings is 1. The summed E-state index contributed by atoms with van der Waals surface area (Å²) in [6.45, 7) is 0.120. The minimum atomic E-state index is -0.0625. The van der Waals surface area contributed by atoms with E-state index < -0.39 is 0 Å². The Morgan fingerprint density at radius 2 is 1.71 bits per heavy atom. The Morgan fingerprint density at radius 3 is 2.46 bits per heavy atom. The third-order valence-corrected chi connectivity index (χ3v) is 4.57. The summed E-state index contributed by atoms with van der Waals surface area (Å²) in [5.74, 6) is -0.0625. The maximum absolute atomic E-state index is 12.3. The Labute approximate surface area is 162 Å². The van der Waals surface area contributed by atoms with Gasteiger partial charge in [0.05, 0.1) is 6.42 Å². The van der Waals surface area contributed by atoms with Crippen molar-refractivity contribution >= 4 is 17.2 Å². The molecule has 2 aromatic carbocycles. The molecule has 4 rings (SSSR count). The second kappa shape index (κ2) is 8.02. The van der Waals surface area contributed by atoms with E-state index in [1.165, 1.54) is 6.33 Å². The van der Waals surface area contributed by atoms with Crippen LogP contribution < -0.4 is 5.32 Å². The van der Waals surface area contributed by atoms with Crippen LogP contribution in [0.4, 0.5) is 5.69 Å². The van der Waals surface area contributed by atoms with Crippen LogP contribution in [0.3, 0.4) is 0 Å². The lowest BCUT2D eigenvalue weighted by molar-refractivity contribution is -0.115. The van der Waals surface area contributed by atoms with Crippen LogP contribution in [-0.4, -0.2) is 32.2 Å². The van der Waals surface area contributed by atoms with E-state index in [0.717, 1.165) is 33.6 Å². The number of rotatable bonds is 6. The molecule has 28 heavy (non-hydrogen) atoms. The third-order valence-electron chi connectivity index (χ3n) is 4.57. The van der Waals surface area contributed by atoms with Gasteiger partial charge >= 0.3 is 0 Å². The third kappa shape index (κ3) is 4.07. The van der Waals surface area contributed by atoms with Crippen LogP contribution in [0.2, 0.25) is 0 Å². The van der Waals surface area contributed by atoms with Gasteiger partial charge in [0.1, 0.15) is 6.33 Å². The summed E-state index contributed by atoms with van der Waals surface area (Å²) in [7, 11) is 0. The lowest BCUT2D eigenvalue weighted by atomic mass is 10.0. The van der Waals surface area contributed by atoms with Crippen molar-refractivity contribution in [3.63, 3.8) is 0 Å². The smallest absolute Gasteiger partial charge is 0.228 e. The fourth-order valence-electron chi connectivity index (χ4n) is 3.08. The van der Waals surface area contributed by atoms with Crippen LogP contribution in [-0.2, 0) is 17.6 Å². The molecule has 0 unspecified atom stereocenters. The molecule has 0 saturated carbocycles. The first kappa shape index (κ1) is 17.9. The molecule has 140 valence electrons. The van der Waals surface area contributed by atoms with Gasteiger partial charge in [0.25, 0.3) is 0 Å². The van der Waals surface area contributed by atoms with Crippen molar-refractivity contribution in [2.45, 2.75) is 12.8 Å². The summed E-state index contributed by atoms with van der Waals surface area (Å²) >= 11 is 0. The number of hydrogen-bond donors (Lipinski definition) is 2. The molecular weight excluding hydrogens is 352 g/mol. The minimum absolute atomic E-state index is 0.0625. The summed E-state index contributed by atoms with van der Waals surface area (Å²) in [5, 5.41) is 16.0. The summed E-state index contributed by atoms with van der Waals surface area (Å²) < 4.78 is 1.72. The zero-order valence-electron chi connectivity index (χ0n) is 15.2. The first-order valence-corrected chi connectivity index (χ1v) is 9.09. The highest BCUT2D eigenvalue weighted by Crippen LogP contribution is 2.21. The van der Waals surface area contributed by atoms with Crippen molar-refractivity contribution < 1.29 is 9.90 Å². The van der Waals surface area contributed by atoms with E-state index >= 15 is 0 Å². The number of aliphatic hydroxyl groups is 1. The number of nitrogens with zero attached hydrogens (tertiary/aromatic N) is 3. The van der Waals surface area contributed by atoms with Crippen LogP contribution in [0.5, 0.6) is 0 Å². The summed E-state index contributed by atoms with van der Waals surface area (Å²) in [4.78, 5) is 16.5. The monoisotopic (exact) mass is 372 g/mol. The molecule has 6 heteroatoms. The van der Waals surface area contributed by atoms with Crippen LogP contribution in [0.1, 0.15) is 11.1 Å². The van der Waals surface area contributed by atoms with Crippen molar-refractivity contribution in [2.75, 3.05) is 11.9 Å². The number of benzene rings is 2. The maximum atomic E-state index is 12.3. The Hall–Kier alpha value is -3.51. The van der Waals surface area contributed by atoms with Crippen molar-refractivity contribution in [1.29, 1.82) is 0 Å². The largest absolute Gasteiger partial charge is 0.396 e. The molecule has 0 radical (unpaired) electrons. The second-order valence-electron chi connectivity index (χ2n) is 6.57. The summed E-state index contributed by atoms with van der Waals surface area (Å²) in [5.41, 5.74) is 5.66. The van der Waals surface area contributed by atoms with E-state index in [4.69, 9.17) is 5.11 Å². The predicted molar refractivity (Wildman–Crippen MR) is 108 cm³/mol. The van der Waals surface area contributed by atoms with Gasteiger partial charge in [0, 0.05) is 18.5 Å². The van der Waals surface area contributed by atoms with Gasteiger partial charge in [0.2, 0.25) is 5.91 Å². The van der Waals surface area contributed by atoms with Gasteiger partial charge in [-0.1, -0.05) is 36.4 Å². The van der Waals surface area contributed by atoms with Crippen molar-refractivity contribution in [1.82, 2.24) is 14.6 Å². The van der Waals surface area contributed by atoms with Gasteiger partial charge in [-0.15, -0.1) is 0 Å². The average molecular weight is 372 g/mol. The Bertz CT molecular complexity index is 1090. The average Bonchev–Trinajstić information content (AvgIpc) is 3.18. The Kier molecular flexibility index (Phi) is 5.12. The minimum Gasteiger partial charge on any atom is -0.396 e. The number of nitrogens with one attached hydrogen (secondary N) is 1. The first-order chi connectivity index (χ1) is 13.7. The number of aromatic nitrogens is 3. The van der Waals surface area contributed by atoms with Gasteiger partial charge in [0.15, 0.2) is 5.65 Å². The van der Waals surface area contributed by atoms with Crippen molar-refractivity contribution in [3.05, 3.63) is 84.3 Å². The molecular formula is C22H20N4O2. The van der Waals surface area contributed by atoms with E-state index in [9.17, 15) is 4.79 Å². The fraction of sp³-hybridized carbons (Fsp3) is 0.136. The number of fused-ring (bicyclic) bond motifs is 1. The SMILES string of the molecule is O=C(Cc1ccc(-c2ccn3ncnc3c2)cc1)Nc1ccc(CCO)cc1. The number of carbonyl (C=O) groups is 1. The fourth-order valence-corrected chi connectivity index (χ4v) is 3.08. The van der Waals surface area contributed by atoms with Crippen LogP contribution in [0.15, 0.2) is 73.2 Å². The molecule has 0 bridgehead atoms. The Balaban J connectivity index is 1.40. The van der Waals surface area contributed by atoms with Crippen LogP contribution >= 0.6 is 0 Å². The molecule has 0 spiro atoms. The van der Waals surface area contributed by atoms with Crippen LogP contribution in [0, 0.1) is 0 Å². The van der Waals surface area contributed by atoms with E-state index in [1.54, 1.807) is 4.52 Å². The molecule has 2 heterocycles. The molecule has 1 amide bonds. The number of hydrogen-bond acceptors (Lipinski definition) is 4. The number of carbonyl (C=O) groups excluding carboxylic acids is 1. The second-order valence-corrected chi connectivity index (χ2v) is 6.57. The van der Waals surface area contributed by atoms with Gasteiger partial charge in [-0.05, 0) is 52.9 Å². The zero-order chi connectivity index (χ0) is 19.3. The molecule has 2 N–H and O–H groups in total. The quantitative estimate of drug-likeness (QED) is 0.545. The normalized spacial score (nSPS) is 10.9. The first-order valence-electron chi connectivity index (χ1n) is 9.09. The number of aliphatic hydroxyl groups excluding tert-OH is 1. The van der Waals surface area contributed by atoms with E-state index in [-0.39, 0.29) is 12.5 Å². The molecule has 4 aromatic rings. The van der Waals surface area contributed by atoms with E-state index in [1.807, 2.05) is 66.9 Å². The molecule has 0 saturated heterocycles. The highest BCUT2D eigenvalue weighted by Gasteiger charge is 2.06. The number of amides is 1. The van der Waals surface area contributed by atoms with Crippen molar-refractivity contribution in [2.24, 2.45) is 0 Å². The summed E-state index contributed by atoms with van der Waals surface area (Å²) in [6.07, 6.45) is 4.33. The molecule has 0 aliphatic heterocycles.